The predicted octanol–water partition coefficient (Wildman–Crippen LogP) is -0.603. The van der Waals surface area contributed by atoms with Crippen LogP contribution in [0.4, 0.5) is 0 Å². The highest BCUT2D eigenvalue weighted by molar-refractivity contribution is 5.77. The van der Waals surface area contributed by atoms with Gasteiger partial charge < -0.3 is 25.1 Å². The van der Waals surface area contributed by atoms with E-state index >= 15 is 0 Å². The second-order valence-corrected chi connectivity index (χ2v) is 3.65. The maximum Gasteiger partial charge on any atom is 0.358 e. The summed E-state index contributed by atoms with van der Waals surface area (Å²) >= 11 is 0. The number of nitrogens with zero attached hydrogens (tertiary/aromatic N) is 1. The SMILES string of the molecule is CCCNC(=O)COCC(=O)On1c(O)ccc1O. The van der Waals surface area contributed by atoms with Gasteiger partial charge in [-0.15, -0.1) is 4.73 Å². The standard InChI is InChI=1S/C11H16N2O6/c1-2-5-12-8(14)6-18-7-11(17)19-13-9(15)3-4-10(13)16/h3-4,15-16H,2,5-7H2,1H3,(H,12,14). The van der Waals surface area contributed by atoms with E-state index in [1.807, 2.05) is 6.92 Å². The number of ether oxygens (including phenoxy) is 1. The molecule has 1 rings (SSSR count). The molecule has 106 valence electrons. The first-order valence-corrected chi connectivity index (χ1v) is 5.70. The number of rotatable bonds is 7. The van der Waals surface area contributed by atoms with Crippen LogP contribution in [0.3, 0.4) is 0 Å². The number of carbonyl (C=O) groups excluding carboxylic acids is 2. The molecule has 1 heterocycles. The number of amides is 1. The Kier molecular flexibility index (Phi) is 5.68. The van der Waals surface area contributed by atoms with E-state index in [1.165, 1.54) is 0 Å². The summed E-state index contributed by atoms with van der Waals surface area (Å²) in [4.78, 5) is 27.0. The number of aromatic nitrogens is 1. The fraction of sp³-hybridized carbons (Fsp3) is 0.455. The Balaban J connectivity index is 2.27. The van der Waals surface area contributed by atoms with Gasteiger partial charge in [-0.2, -0.15) is 0 Å². The van der Waals surface area contributed by atoms with Gasteiger partial charge in [-0.05, 0) is 6.42 Å². The van der Waals surface area contributed by atoms with E-state index in [1.54, 1.807) is 0 Å². The Morgan fingerprint density at radius 1 is 1.26 bits per heavy atom. The van der Waals surface area contributed by atoms with Crippen LogP contribution in [-0.4, -0.2) is 46.6 Å². The van der Waals surface area contributed by atoms with Crippen molar-refractivity contribution in [3.63, 3.8) is 0 Å². The van der Waals surface area contributed by atoms with Crippen molar-refractivity contribution in [1.82, 2.24) is 10.0 Å². The topological polar surface area (TPSA) is 110 Å². The van der Waals surface area contributed by atoms with Crippen LogP contribution in [0.2, 0.25) is 0 Å². The Bertz CT molecular complexity index is 423. The summed E-state index contributed by atoms with van der Waals surface area (Å²) < 4.78 is 5.36. The minimum Gasteiger partial charge on any atom is -0.492 e. The van der Waals surface area contributed by atoms with Gasteiger partial charge in [0, 0.05) is 18.7 Å². The van der Waals surface area contributed by atoms with Crippen molar-refractivity contribution >= 4 is 11.9 Å². The van der Waals surface area contributed by atoms with Crippen LogP contribution < -0.4 is 10.2 Å². The number of carbonyl (C=O) groups is 2. The molecule has 0 aliphatic rings. The van der Waals surface area contributed by atoms with Gasteiger partial charge >= 0.3 is 5.97 Å². The lowest BCUT2D eigenvalue weighted by atomic mass is 10.5. The fourth-order valence-corrected chi connectivity index (χ4v) is 1.17. The summed E-state index contributed by atoms with van der Waals surface area (Å²) in [6.45, 7) is 1.71. The molecule has 1 aromatic rings. The molecule has 1 amide bonds. The van der Waals surface area contributed by atoms with Gasteiger partial charge in [0.15, 0.2) is 0 Å². The van der Waals surface area contributed by atoms with Crippen molar-refractivity contribution in [2.24, 2.45) is 0 Å². The molecule has 0 atom stereocenters. The monoisotopic (exact) mass is 272 g/mol. The summed E-state index contributed by atoms with van der Waals surface area (Å²) in [5.74, 6) is -2.04. The third-order valence-corrected chi connectivity index (χ3v) is 2.02. The van der Waals surface area contributed by atoms with Crippen molar-refractivity contribution in [1.29, 1.82) is 0 Å². The summed E-state index contributed by atoms with van der Waals surface area (Å²) in [6, 6.07) is 2.31. The number of hydrogen-bond donors (Lipinski definition) is 3. The van der Waals surface area contributed by atoms with Crippen molar-refractivity contribution in [2.45, 2.75) is 13.3 Å². The Morgan fingerprint density at radius 3 is 2.47 bits per heavy atom. The average molecular weight is 272 g/mol. The van der Waals surface area contributed by atoms with Crippen LogP contribution in [0.25, 0.3) is 0 Å². The number of hydrogen-bond acceptors (Lipinski definition) is 6. The third-order valence-electron chi connectivity index (χ3n) is 2.02. The number of aromatic hydroxyl groups is 2. The van der Waals surface area contributed by atoms with E-state index in [2.05, 4.69) is 10.2 Å². The van der Waals surface area contributed by atoms with Crippen LogP contribution >= 0.6 is 0 Å². The van der Waals surface area contributed by atoms with E-state index in [9.17, 15) is 19.8 Å². The second-order valence-electron chi connectivity index (χ2n) is 3.65. The molecule has 0 spiro atoms. The van der Waals surface area contributed by atoms with E-state index < -0.39 is 24.3 Å². The Morgan fingerprint density at radius 2 is 1.89 bits per heavy atom. The largest absolute Gasteiger partial charge is 0.492 e. The van der Waals surface area contributed by atoms with E-state index in [-0.39, 0.29) is 12.5 Å². The molecule has 0 fully saturated rings. The first-order chi connectivity index (χ1) is 9.04. The summed E-state index contributed by atoms with van der Waals surface area (Å²) in [7, 11) is 0. The van der Waals surface area contributed by atoms with Crippen molar-refractivity contribution < 1.29 is 29.4 Å². The smallest absolute Gasteiger partial charge is 0.358 e. The molecular weight excluding hydrogens is 256 g/mol. The molecule has 0 aliphatic heterocycles. The predicted molar refractivity (Wildman–Crippen MR) is 63.5 cm³/mol. The minimum atomic E-state index is -0.856. The van der Waals surface area contributed by atoms with Crippen molar-refractivity contribution in [3.8, 4) is 11.8 Å². The van der Waals surface area contributed by atoms with Gasteiger partial charge in [0.2, 0.25) is 17.7 Å². The van der Waals surface area contributed by atoms with Crippen LogP contribution in [0.1, 0.15) is 13.3 Å². The summed E-state index contributed by atoms with van der Waals surface area (Å²) in [5.41, 5.74) is 0. The Labute approximate surface area is 109 Å². The normalized spacial score (nSPS) is 10.2. The Hall–Kier alpha value is -2.22. The zero-order chi connectivity index (χ0) is 14.3. The molecular formula is C11H16N2O6. The second kappa shape index (κ2) is 7.27. The fourth-order valence-electron chi connectivity index (χ4n) is 1.17. The van der Waals surface area contributed by atoms with E-state index in [4.69, 9.17) is 4.74 Å². The first kappa shape index (κ1) is 14.8. The highest BCUT2D eigenvalue weighted by atomic mass is 16.7. The lowest BCUT2D eigenvalue weighted by molar-refractivity contribution is -0.151. The highest BCUT2D eigenvalue weighted by Gasteiger charge is 2.12. The van der Waals surface area contributed by atoms with Crippen molar-refractivity contribution in [2.75, 3.05) is 19.8 Å². The molecule has 0 aromatic carbocycles. The molecule has 0 radical (unpaired) electrons. The van der Waals surface area contributed by atoms with Crippen LogP contribution in [0, 0.1) is 0 Å². The summed E-state index contributed by atoms with van der Waals surface area (Å²) in [6.07, 6.45) is 0.806. The molecule has 1 aromatic heterocycles. The maximum absolute atomic E-state index is 11.3. The maximum atomic E-state index is 11.3. The van der Waals surface area contributed by atoms with Gasteiger partial charge in [-0.3, -0.25) is 4.79 Å². The summed E-state index contributed by atoms with van der Waals surface area (Å²) in [5, 5.41) is 21.0. The molecule has 0 unspecified atom stereocenters. The molecule has 0 saturated heterocycles. The lowest BCUT2D eigenvalue weighted by Crippen LogP contribution is -2.30. The first-order valence-electron chi connectivity index (χ1n) is 5.70. The highest BCUT2D eigenvalue weighted by Crippen LogP contribution is 2.18. The molecule has 8 heteroatoms. The molecule has 0 saturated carbocycles. The average Bonchev–Trinajstić information content (AvgIpc) is 2.68. The third kappa shape index (κ3) is 4.88. The van der Waals surface area contributed by atoms with E-state index in [0.717, 1.165) is 18.6 Å². The van der Waals surface area contributed by atoms with Crippen molar-refractivity contribution in [3.05, 3.63) is 12.1 Å². The minimum absolute atomic E-state index is 0.265. The van der Waals surface area contributed by atoms with Gasteiger partial charge in [-0.1, -0.05) is 6.92 Å². The number of nitrogens with one attached hydrogen (secondary N) is 1. The molecule has 19 heavy (non-hydrogen) atoms. The lowest BCUT2D eigenvalue weighted by Gasteiger charge is -2.07. The van der Waals surface area contributed by atoms with Gasteiger partial charge in [-0.25, -0.2) is 4.79 Å². The molecule has 3 N–H and O–H groups in total. The van der Waals surface area contributed by atoms with Gasteiger partial charge in [0.05, 0.1) is 0 Å². The van der Waals surface area contributed by atoms with Gasteiger partial charge in [0.1, 0.15) is 13.2 Å². The zero-order valence-corrected chi connectivity index (χ0v) is 10.5. The van der Waals surface area contributed by atoms with Crippen LogP contribution in [0.15, 0.2) is 12.1 Å². The van der Waals surface area contributed by atoms with Crippen LogP contribution in [0.5, 0.6) is 11.8 Å². The molecule has 0 aliphatic carbocycles. The molecule has 0 bridgehead atoms. The quantitative estimate of drug-likeness (QED) is 0.611. The van der Waals surface area contributed by atoms with Gasteiger partial charge in [0.25, 0.3) is 0 Å². The van der Waals surface area contributed by atoms with E-state index in [0.29, 0.717) is 11.3 Å². The molecule has 8 nitrogen and oxygen atoms in total. The zero-order valence-electron chi connectivity index (χ0n) is 10.5. The van der Waals surface area contributed by atoms with Crippen LogP contribution in [-0.2, 0) is 14.3 Å².